The maximum absolute atomic E-state index is 12.1. The van der Waals surface area contributed by atoms with E-state index in [0.29, 0.717) is 0 Å². The van der Waals surface area contributed by atoms with Crippen LogP contribution in [-0.4, -0.2) is 47.2 Å². The topological polar surface area (TPSA) is 82.6 Å². The van der Waals surface area contributed by atoms with Crippen LogP contribution in [0.3, 0.4) is 0 Å². The first kappa shape index (κ1) is 20.2. The largest absolute Gasteiger partial charge is 0.390 e. The first-order valence-electron chi connectivity index (χ1n) is 7.21. The zero-order valence-corrected chi connectivity index (χ0v) is 14.3. The van der Waals surface area contributed by atoms with Crippen molar-refractivity contribution in [2.75, 3.05) is 26.7 Å². The van der Waals surface area contributed by atoms with Crippen molar-refractivity contribution >= 4 is 16.0 Å². The van der Waals surface area contributed by atoms with Crippen LogP contribution in [0.1, 0.15) is 12.0 Å². The Morgan fingerprint density at radius 3 is 2.21 bits per heavy atom. The molecule has 0 fully saturated rings. The Balaban J connectivity index is 2.37. The van der Waals surface area contributed by atoms with E-state index in [9.17, 15) is 21.6 Å². The fraction of sp³-hybridized carbons (Fsp3) is 0.500. The van der Waals surface area contributed by atoms with E-state index in [4.69, 9.17) is 0 Å². The number of aliphatic imine (C=N–C) groups is 1. The van der Waals surface area contributed by atoms with E-state index >= 15 is 0 Å². The second-order valence-corrected chi connectivity index (χ2v) is 6.77. The smallest absolute Gasteiger partial charge is 0.356 e. The minimum absolute atomic E-state index is 0.0657. The molecule has 0 aliphatic rings. The Morgan fingerprint density at radius 2 is 1.67 bits per heavy atom. The standard InChI is InChI=1S/C14H21F3N4O2S/c1-11-3-5-12(6-4-11)24(22,23)21-10-9-20-13(18-2)19-8-7-14(15,16)17/h3-6,21H,7-10H2,1-2H3,(H2,18,19,20). The van der Waals surface area contributed by atoms with Crippen molar-refractivity contribution in [1.82, 2.24) is 15.4 Å². The fourth-order valence-electron chi connectivity index (χ4n) is 1.71. The van der Waals surface area contributed by atoms with Gasteiger partial charge < -0.3 is 10.6 Å². The number of benzene rings is 1. The Morgan fingerprint density at radius 1 is 1.08 bits per heavy atom. The van der Waals surface area contributed by atoms with Crippen LogP contribution in [0.5, 0.6) is 0 Å². The molecule has 0 amide bonds. The Hall–Kier alpha value is -1.81. The second-order valence-electron chi connectivity index (χ2n) is 5.00. The Labute approximate surface area is 139 Å². The molecular weight excluding hydrogens is 345 g/mol. The molecule has 0 saturated carbocycles. The maximum atomic E-state index is 12.1. The van der Waals surface area contributed by atoms with Gasteiger partial charge in [-0.2, -0.15) is 13.2 Å². The molecule has 0 aliphatic carbocycles. The highest BCUT2D eigenvalue weighted by molar-refractivity contribution is 7.89. The summed E-state index contributed by atoms with van der Waals surface area (Å²) in [6, 6.07) is 6.39. The van der Waals surface area contributed by atoms with Gasteiger partial charge in [-0.05, 0) is 19.1 Å². The lowest BCUT2D eigenvalue weighted by Gasteiger charge is -2.13. The third kappa shape index (κ3) is 7.64. The summed E-state index contributed by atoms with van der Waals surface area (Å²) in [5, 5.41) is 5.24. The molecule has 0 bridgehead atoms. The van der Waals surface area contributed by atoms with Crippen molar-refractivity contribution in [3.63, 3.8) is 0 Å². The van der Waals surface area contributed by atoms with Crippen molar-refractivity contribution in [3.05, 3.63) is 29.8 Å². The molecule has 0 radical (unpaired) electrons. The van der Waals surface area contributed by atoms with Crippen molar-refractivity contribution in [2.24, 2.45) is 4.99 Å². The quantitative estimate of drug-likeness (QED) is 0.387. The number of hydrogen-bond donors (Lipinski definition) is 3. The van der Waals surface area contributed by atoms with Gasteiger partial charge in [-0.15, -0.1) is 0 Å². The SMILES string of the molecule is CN=C(NCCNS(=O)(=O)c1ccc(C)cc1)NCCC(F)(F)F. The first-order valence-corrected chi connectivity index (χ1v) is 8.70. The van der Waals surface area contributed by atoms with Crippen molar-refractivity contribution in [1.29, 1.82) is 0 Å². The summed E-state index contributed by atoms with van der Waals surface area (Å²) in [5.41, 5.74) is 0.948. The number of halogens is 3. The summed E-state index contributed by atoms with van der Waals surface area (Å²) in [6.45, 7) is 1.79. The fourth-order valence-corrected chi connectivity index (χ4v) is 2.74. The van der Waals surface area contributed by atoms with Gasteiger partial charge >= 0.3 is 6.18 Å². The number of guanidine groups is 1. The molecule has 0 atom stereocenters. The minimum atomic E-state index is -4.24. The number of sulfonamides is 1. The van der Waals surface area contributed by atoms with Crippen LogP contribution >= 0.6 is 0 Å². The molecule has 24 heavy (non-hydrogen) atoms. The third-order valence-electron chi connectivity index (χ3n) is 2.97. The van der Waals surface area contributed by atoms with E-state index in [1.165, 1.54) is 19.2 Å². The molecule has 136 valence electrons. The predicted octanol–water partition coefficient (Wildman–Crippen LogP) is 1.39. The molecule has 1 rings (SSSR count). The summed E-state index contributed by atoms with van der Waals surface area (Å²) >= 11 is 0. The van der Waals surface area contributed by atoms with Crippen molar-refractivity contribution in [2.45, 2.75) is 24.4 Å². The molecule has 0 heterocycles. The lowest BCUT2D eigenvalue weighted by molar-refractivity contribution is -0.132. The highest BCUT2D eigenvalue weighted by Gasteiger charge is 2.26. The van der Waals surface area contributed by atoms with E-state index in [1.54, 1.807) is 12.1 Å². The summed E-state index contributed by atoms with van der Waals surface area (Å²) in [6.07, 6.45) is -5.22. The van der Waals surface area contributed by atoms with Crippen LogP contribution in [-0.2, 0) is 10.0 Å². The average molecular weight is 366 g/mol. The molecule has 0 aromatic heterocycles. The van der Waals surface area contributed by atoms with Crippen LogP contribution < -0.4 is 15.4 Å². The first-order chi connectivity index (χ1) is 11.1. The molecule has 1 aromatic rings. The van der Waals surface area contributed by atoms with Gasteiger partial charge in [0.15, 0.2) is 5.96 Å². The molecule has 0 unspecified atom stereocenters. The monoisotopic (exact) mass is 366 g/mol. The number of hydrogen-bond acceptors (Lipinski definition) is 3. The summed E-state index contributed by atoms with van der Waals surface area (Å²) in [5.74, 6) is 0.175. The van der Waals surface area contributed by atoms with E-state index < -0.39 is 22.6 Å². The number of aryl methyl sites for hydroxylation is 1. The van der Waals surface area contributed by atoms with Gasteiger partial charge in [0.1, 0.15) is 0 Å². The molecule has 1 aromatic carbocycles. The molecular formula is C14H21F3N4O2S. The van der Waals surface area contributed by atoms with Crippen LogP contribution in [0.15, 0.2) is 34.2 Å². The van der Waals surface area contributed by atoms with Gasteiger partial charge in [0, 0.05) is 26.7 Å². The average Bonchev–Trinajstić information content (AvgIpc) is 2.49. The van der Waals surface area contributed by atoms with Gasteiger partial charge in [-0.1, -0.05) is 17.7 Å². The summed E-state index contributed by atoms with van der Waals surface area (Å²) in [7, 11) is -2.20. The highest BCUT2D eigenvalue weighted by atomic mass is 32.2. The third-order valence-corrected chi connectivity index (χ3v) is 4.44. The van der Waals surface area contributed by atoms with Gasteiger partial charge in [-0.25, -0.2) is 13.1 Å². The van der Waals surface area contributed by atoms with Crippen LogP contribution in [0.4, 0.5) is 13.2 Å². The summed E-state index contributed by atoms with van der Waals surface area (Å²) in [4.78, 5) is 3.91. The van der Waals surface area contributed by atoms with E-state index in [-0.39, 0.29) is 30.5 Å². The number of alkyl halides is 3. The van der Waals surface area contributed by atoms with Gasteiger partial charge in [0.05, 0.1) is 11.3 Å². The van der Waals surface area contributed by atoms with Crippen LogP contribution in [0.25, 0.3) is 0 Å². The van der Waals surface area contributed by atoms with Crippen molar-refractivity contribution in [3.8, 4) is 0 Å². The predicted molar refractivity (Wildman–Crippen MR) is 86.4 cm³/mol. The highest BCUT2D eigenvalue weighted by Crippen LogP contribution is 2.18. The van der Waals surface area contributed by atoms with E-state index in [1.807, 2.05) is 6.92 Å². The molecule has 10 heteroatoms. The molecule has 3 N–H and O–H groups in total. The molecule has 0 saturated heterocycles. The zero-order valence-electron chi connectivity index (χ0n) is 13.4. The molecule has 0 spiro atoms. The Bertz CT molecular complexity index is 643. The van der Waals surface area contributed by atoms with E-state index in [2.05, 4.69) is 20.3 Å². The van der Waals surface area contributed by atoms with Crippen molar-refractivity contribution < 1.29 is 21.6 Å². The van der Waals surface area contributed by atoms with Gasteiger partial charge in [0.25, 0.3) is 0 Å². The maximum Gasteiger partial charge on any atom is 0.390 e. The normalized spacial score (nSPS) is 13.0. The van der Waals surface area contributed by atoms with Gasteiger partial charge in [0.2, 0.25) is 10.0 Å². The number of rotatable bonds is 7. The van der Waals surface area contributed by atoms with Crippen LogP contribution in [0, 0.1) is 6.92 Å². The molecule has 0 aliphatic heterocycles. The van der Waals surface area contributed by atoms with Crippen LogP contribution in [0.2, 0.25) is 0 Å². The Kier molecular flexibility index (Phi) is 7.49. The van der Waals surface area contributed by atoms with E-state index in [0.717, 1.165) is 5.56 Å². The van der Waals surface area contributed by atoms with Gasteiger partial charge in [-0.3, -0.25) is 4.99 Å². The second kappa shape index (κ2) is 8.88. The zero-order chi connectivity index (χ0) is 18.2. The number of nitrogens with one attached hydrogen (secondary N) is 3. The summed E-state index contributed by atoms with van der Waals surface area (Å²) < 4.78 is 62.6. The lowest BCUT2D eigenvalue weighted by Crippen LogP contribution is -2.42. The lowest BCUT2D eigenvalue weighted by atomic mass is 10.2. The minimum Gasteiger partial charge on any atom is -0.356 e. The molecule has 6 nitrogen and oxygen atoms in total. The number of nitrogens with zero attached hydrogens (tertiary/aromatic N) is 1.